The number of oxazole rings is 1. The first kappa shape index (κ1) is 19.0. The lowest BCUT2D eigenvalue weighted by molar-refractivity contribution is 0.387. The minimum atomic E-state index is -4.76. The van der Waals surface area contributed by atoms with Crippen LogP contribution in [-0.2, 0) is 20.5 Å². The van der Waals surface area contributed by atoms with E-state index in [0.29, 0.717) is 0 Å². The Balaban J connectivity index is 2.14. The number of hydrogen-bond acceptors (Lipinski definition) is 7. The van der Waals surface area contributed by atoms with E-state index in [-0.39, 0.29) is 33.9 Å². The van der Waals surface area contributed by atoms with Gasteiger partial charge in [-0.15, -0.1) is 0 Å². The van der Waals surface area contributed by atoms with Gasteiger partial charge in [0.1, 0.15) is 22.0 Å². The average Bonchev–Trinajstić information content (AvgIpc) is 2.95. The highest BCUT2D eigenvalue weighted by Crippen LogP contribution is 2.32. The van der Waals surface area contributed by atoms with Crippen molar-refractivity contribution < 1.29 is 38.9 Å². The van der Waals surface area contributed by atoms with Crippen LogP contribution in [0.15, 0.2) is 46.2 Å². The van der Waals surface area contributed by atoms with Gasteiger partial charge in [0.2, 0.25) is 5.89 Å². The summed E-state index contributed by atoms with van der Waals surface area (Å²) in [6.07, 6.45) is 1.32. The minimum absolute atomic E-state index is 0.0587. The van der Waals surface area contributed by atoms with Crippen molar-refractivity contribution in [2.45, 2.75) is 4.90 Å². The van der Waals surface area contributed by atoms with Crippen LogP contribution in [0.1, 0.15) is 5.56 Å². The molecule has 12 heteroatoms. The van der Waals surface area contributed by atoms with Crippen molar-refractivity contribution in [1.29, 1.82) is 0 Å². The number of fused-ring (bicyclic) bond motifs is 1. The van der Waals surface area contributed by atoms with Crippen LogP contribution < -0.4 is 4.18 Å². The number of halogens is 1. The van der Waals surface area contributed by atoms with Gasteiger partial charge in [0, 0.05) is 17.2 Å². The molecule has 9 nitrogen and oxygen atoms in total. The molecule has 3 aromatic rings. The molecule has 2 aromatic carbocycles. The second-order valence-corrected chi connectivity index (χ2v) is 7.63. The van der Waals surface area contributed by atoms with Crippen LogP contribution >= 0.6 is 0 Å². The molecule has 3 rings (SSSR count). The van der Waals surface area contributed by atoms with Gasteiger partial charge >= 0.3 is 10.4 Å². The Hall–Kier alpha value is -2.80. The molecule has 1 heterocycles. The molecule has 2 N–H and O–H groups in total. The van der Waals surface area contributed by atoms with Crippen molar-refractivity contribution in [3.8, 4) is 17.2 Å². The lowest BCUT2D eigenvalue weighted by atomic mass is 10.2. The van der Waals surface area contributed by atoms with Gasteiger partial charge in [-0.3, -0.25) is 9.11 Å². The van der Waals surface area contributed by atoms with E-state index in [9.17, 15) is 21.2 Å². The maximum absolute atomic E-state index is 13.9. The second-order valence-electron chi connectivity index (χ2n) is 5.22. The van der Waals surface area contributed by atoms with E-state index in [1.807, 2.05) is 0 Å². The normalized spacial score (nSPS) is 12.3. The van der Waals surface area contributed by atoms with E-state index in [2.05, 4.69) is 15.7 Å². The first-order chi connectivity index (χ1) is 12.5. The summed E-state index contributed by atoms with van der Waals surface area (Å²) in [5.41, 5.74) is 0.616. The van der Waals surface area contributed by atoms with Gasteiger partial charge in [-0.1, -0.05) is 12.7 Å². The van der Waals surface area contributed by atoms with E-state index >= 15 is 0 Å². The summed E-state index contributed by atoms with van der Waals surface area (Å²) < 4.78 is 85.4. The third kappa shape index (κ3) is 3.98. The van der Waals surface area contributed by atoms with Crippen LogP contribution in [0.2, 0.25) is 0 Å². The van der Waals surface area contributed by atoms with Crippen LogP contribution in [0.4, 0.5) is 4.39 Å². The van der Waals surface area contributed by atoms with E-state index < -0.39 is 31.2 Å². The van der Waals surface area contributed by atoms with Gasteiger partial charge in [-0.25, -0.2) is 9.37 Å². The molecule has 0 aliphatic rings. The van der Waals surface area contributed by atoms with Crippen molar-refractivity contribution in [2.24, 2.45) is 0 Å². The zero-order valence-electron chi connectivity index (χ0n) is 13.2. The summed E-state index contributed by atoms with van der Waals surface area (Å²) in [6, 6.07) is 5.19. The molecule has 0 spiro atoms. The highest BCUT2D eigenvalue weighted by molar-refractivity contribution is 7.85. The van der Waals surface area contributed by atoms with E-state index in [4.69, 9.17) is 13.5 Å². The number of nitrogens with zero attached hydrogens (tertiary/aromatic N) is 1. The molecule has 0 radical (unpaired) electrons. The van der Waals surface area contributed by atoms with Crippen LogP contribution in [-0.4, -0.2) is 30.9 Å². The Bertz CT molecular complexity index is 1280. The molecule has 0 bridgehead atoms. The van der Waals surface area contributed by atoms with Crippen molar-refractivity contribution in [3.63, 3.8) is 0 Å². The smallest absolute Gasteiger partial charge is 0.435 e. The van der Waals surface area contributed by atoms with Crippen LogP contribution in [0.25, 0.3) is 28.6 Å². The molecular formula is C15H10FNO8S2. The van der Waals surface area contributed by atoms with Crippen molar-refractivity contribution in [3.05, 3.63) is 48.3 Å². The molecule has 0 aliphatic carbocycles. The summed E-state index contributed by atoms with van der Waals surface area (Å²) in [5.74, 6) is -1.58. The van der Waals surface area contributed by atoms with Gasteiger partial charge in [-0.2, -0.15) is 16.8 Å². The molecule has 0 aliphatic heterocycles. The molecule has 27 heavy (non-hydrogen) atoms. The highest BCUT2D eigenvalue weighted by Gasteiger charge is 2.19. The van der Waals surface area contributed by atoms with Gasteiger partial charge in [0.05, 0.1) is 0 Å². The third-order valence-corrected chi connectivity index (χ3v) is 4.66. The Labute approximate surface area is 152 Å². The van der Waals surface area contributed by atoms with E-state index in [0.717, 1.165) is 18.2 Å². The monoisotopic (exact) mass is 415 g/mol. The van der Waals surface area contributed by atoms with Crippen LogP contribution in [0.5, 0.6) is 5.75 Å². The predicted molar refractivity (Wildman–Crippen MR) is 91.5 cm³/mol. The Morgan fingerprint density at radius 2 is 1.85 bits per heavy atom. The van der Waals surface area contributed by atoms with Crippen LogP contribution in [0.3, 0.4) is 0 Å². The summed E-state index contributed by atoms with van der Waals surface area (Å²) in [6.45, 7) is 3.54. The molecular weight excluding hydrogens is 405 g/mol. The number of rotatable bonds is 5. The van der Waals surface area contributed by atoms with Crippen LogP contribution in [0, 0.1) is 5.82 Å². The Kier molecular flexibility index (Phi) is 4.51. The first-order valence-electron chi connectivity index (χ1n) is 6.99. The SMILES string of the molecule is C=Cc1cc(OS(=O)(=O)O)cc2nc(-c3ccc(S(=O)(=O)O)c(F)c3)oc12. The molecule has 1 aromatic heterocycles. The van der Waals surface area contributed by atoms with Gasteiger partial charge in [0.15, 0.2) is 5.58 Å². The molecule has 0 unspecified atom stereocenters. The fourth-order valence-electron chi connectivity index (χ4n) is 2.32. The van der Waals surface area contributed by atoms with E-state index in [1.165, 1.54) is 18.2 Å². The van der Waals surface area contributed by atoms with Gasteiger partial charge in [0.25, 0.3) is 10.1 Å². The maximum atomic E-state index is 13.9. The topological polar surface area (TPSA) is 144 Å². The van der Waals surface area contributed by atoms with E-state index in [1.54, 1.807) is 0 Å². The zero-order chi connectivity index (χ0) is 20.0. The maximum Gasteiger partial charge on any atom is 0.446 e. The standard InChI is InChI=1S/C15H10FNO8S2/c1-2-8-5-10(25-27(21,22)23)7-12-14(8)24-15(17-12)9-3-4-13(11(16)6-9)26(18,19)20/h2-7H,1H2,(H,18,19,20)(H,21,22,23). The second kappa shape index (κ2) is 6.42. The third-order valence-electron chi connectivity index (χ3n) is 3.37. The predicted octanol–water partition coefficient (Wildman–Crippen LogP) is 2.71. The van der Waals surface area contributed by atoms with Gasteiger partial charge in [-0.05, 0) is 24.3 Å². The Morgan fingerprint density at radius 1 is 1.15 bits per heavy atom. The lowest BCUT2D eigenvalue weighted by Gasteiger charge is -2.02. The summed E-state index contributed by atoms with van der Waals surface area (Å²) in [4.78, 5) is 3.16. The first-order valence-corrected chi connectivity index (χ1v) is 9.80. The lowest BCUT2D eigenvalue weighted by Crippen LogP contribution is -2.06. The van der Waals surface area contributed by atoms with Crippen molar-refractivity contribution in [1.82, 2.24) is 4.98 Å². The quantitative estimate of drug-likeness (QED) is 0.601. The molecule has 0 saturated carbocycles. The average molecular weight is 415 g/mol. The molecule has 0 amide bonds. The molecule has 0 saturated heterocycles. The van der Waals surface area contributed by atoms with Crippen molar-refractivity contribution >= 4 is 37.7 Å². The fraction of sp³-hybridized carbons (Fsp3) is 0. The number of aromatic nitrogens is 1. The Morgan fingerprint density at radius 3 is 2.41 bits per heavy atom. The summed E-state index contributed by atoms with van der Waals surface area (Å²) in [7, 11) is -9.49. The summed E-state index contributed by atoms with van der Waals surface area (Å²) >= 11 is 0. The highest BCUT2D eigenvalue weighted by atomic mass is 32.3. The fourth-order valence-corrected chi connectivity index (χ4v) is 3.20. The summed E-state index contributed by atoms with van der Waals surface area (Å²) in [5, 5.41) is 0. The minimum Gasteiger partial charge on any atom is -0.435 e. The molecule has 0 atom stereocenters. The number of hydrogen-bond donors (Lipinski definition) is 2. The molecule has 142 valence electrons. The van der Waals surface area contributed by atoms with Gasteiger partial charge < -0.3 is 8.60 Å². The van der Waals surface area contributed by atoms with Crippen molar-refractivity contribution in [2.75, 3.05) is 0 Å². The largest absolute Gasteiger partial charge is 0.446 e. The molecule has 0 fully saturated rings. The number of benzene rings is 2. The zero-order valence-corrected chi connectivity index (χ0v) is 14.8.